The Balaban J connectivity index is 1.76. The summed E-state index contributed by atoms with van der Waals surface area (Å²) in [6, 6.07) is 9.37. The molecule has 7 nitrogen and oxygen atoms in total. The Morgan fingerprint density at radius 1 is 1.31 bits per heavy atom. The Hall–Kier alpha value is -3.22. The van der Waals surface area contributed by atoms with Crippen molar-refractivity contribution in [1.29, 1.82) is 0 Å². The molecule has 1 aliphatic rings. The maximum atomic E-state index is 13.5. The number of amides is 1. The smallest absolute Gasteiger partial charge is 0.312 e. The van der Waals surface area contributed by atoms with Crippen LogP contribution in [0.25, 0.3) is 11.0 Å². The van der Waals surface area contributed by atoms with Crippen molar-refractivity contribution in [3.8, 4) is 0 Å². The highest BCUT2D eigenvalue weighted by Crippen LogP contribution is 2.31. The van der Waals surface area contributed by atoms with E-state index in [1.54, 1.807) is 17.2 Å². The van der Waals surface area contributed by atoms with Crippen molar-refractivity contribution in [3.05, 3.63) is 58.9 Å². The summed E-state index contributed by atoms with van der Waals surface area (Å²) in [6.07, 6.45) is 2.59. The number of aryl methyl sites for hydroxylation is 1. The van der Waals surface area contributed by atoms with Crippen LogP contribution in [0.1, 0.15) is 59.4 Å². The lowest BCUT2D eigenvalue weighted by Gasteiger charge is -2.33. The van der Waals surface area contributed by atoms with E-state index in [9.17, 15) is 14.7 Å². The van der Waals surface area contributed by atoms with Gasteiger partial charge in [0.15, 0.2) is 5.65 Å². The van der Waals surface area contributed by atoms with Crippen LogP contribution in [0.4, 0.5) is 0 Å². The van der Waals surface area contributed by atoms with Crippen molar-refractivity contribution >= 4 is 22.9 Å². The molecular formula is C22H24N4O3. The second-order valence-corrected chi connectivity index (χ2v) is 7.67. The topological polar surface area (TPSA) is 88.3 Å². The maximum Gasteiger partial charge on any atom is 0.312 e. The van der Waals surface area contributed by atoms with Crippen LogP contribution >= 0.6 is 0 Å². The van der Waals surface area contributed by atoms with Crippen LogP contribution in [0.3, 0.4) is 0 Å². The fourth-order valence-electron chi connectivity index (χ4n) is 3.96. The fraction of sp³-hybridized carbons (Fsp3) is 0.364. The SMILES string of the molecule is CCC(C)n1ncc2c(C(=O)N3Cc4ccccc4C(C(=O)O)C3)cc(C)nc21. The molecule has 0 bridgehead atoms. The van der Waals surface area contributed by atoms with Gasteiger partial charge in [0.2, 0.25) is 0 Å². The highest BCUT2D eigenvalue weighted by molar-refractivity contribution is 6.05. The molecule has 1 amide bonds. The molecule has 3 aromatic rings. The molecule has 0 aliphatic carbocycles. The number of carbonyl (C=O) groups is 2. The third-order valence-electron chi connectivity index (χ3n) is 5.71. The average molecular weight is 392 g/mol. The monoisotopic (exact) mass is 392 g/mol. The van der Waals surface area contributed by atoms with E-state index < -0.39 is 11.9 Å². The first-order valence-electron chi connectivity index (χ1n) is 9.85. The number of benzene rings is 1. The minimum Gasteiger partial charge on any atom is -0.481 e. The van der Waals surface area contributed by atoms with E-state index >= 15 is 0 Å². The summed E-state index contributed by atoms with van der Waals surface area (Å²) < 4.78 is 1.85. The van der Waals surface area contributed by atoms with Gasteiger partial charge in [0, 0.05) is 18.8 Å². The summed E-state index contributed by atoms with van der Waals surface area (Å²) in [6.45, 7) is 6.54. The van der Waals surface area contributed by atoms with E-state index in [2.05, 4.69) is 23.9 Å². The van der Waals surface area contributed by atoms with Gasteiger partial charge in [-0.15, -0.1) is 0 Å². The number of aliphatic carboxylic acids is 1. The van der Waals surface area contributed by atoms with Crippen LogP contribution in [0.5, 0.6) is 0 Å². The number of nitrogens with zero attached hydrogens (tertiary/aromatic N) is 4. The highest BCUT2D eigenvalue weighted by atomic mass is 16.4. The van der Waals surface area contributed by atoms with Gasteiger partial charge in [0.1, 0.15) is 0 Å². The molecule has 0 radical (unpaired) electrons. The summed E-state index contributed by atoms with van der Waals surface area (Å²) in [5, 5.41) is 14.9. The number of rotatable bonds is 4. The summed E-state index contributed by atoms with van der Waals surface area (Å²) in [5.41, 5.74) is 3.60. The van der Waals surface area contributed by atoms with Crippen LogP contribution in [-0.2, 0) is 11.3 Å². The molecule has 0 saturated carbocycles. The predicted octanol–water partition coefficient (Wildman–Crippen LogP) is 3.53. The molecule has 1 aliphatic heterocycles. The first-order chi connectivity index (χ1) is 13.9. The van der Waals surface area contributed by atoms with Gasteiger partial charge in [-0.2, -0.15) is 5.10 Å². The second kappa shape index (κ2) is 7.31. The quantitative estimate of drug-likeness (QED) is 0.734. The largest absolute Gasteiger partial charge is 0.481 e. The van der Waals surface area contributed by atoms with E-state index in [0.717, 1.165) is 23.2 Å². The Morgan fingerprint density at radius 2 is 2.07 bits per heavy atom. The Bertz CT molecular complexity index is 1100. The molecule has 2 unspecified atom stereocenters. The first kappa shape index (κ1) is 19.1. The van der Waals surface area contributed by atoms with E-state index in [4.69, 9.17) is 0 Å². The van der Waals surface area contributed by atoms with E-state index in [1.165, 1.54) is 0 Å². The number of carbonyl (C=O) groups excluding carboxylic acids is 1. The van der Waals surface area contributed by atoms with Gasteiger partial charge in [-0.25, -0.2) is 9.67 Å². The molecule has 7 heteroatoms. The standard InChI is InChI=1S/C22H24N4O3/c1-4-14(3)26-20-18(10-23-26)17(9-13(2)24-20)21(27)25-11-15-7-5-6-8-16(15)19(12-25)22(28)29/h5-10,14,19H,4,11-12H2,1-3H3,(H,28,29). The van der Waals surface area contributed by atoms with Gasteiger partial charge < -0.3 is 10.0 Å². The Morgan fingerprint density at radius 3 is 2.79 bits per heavy atom. The van der Waals surface area contributed by atoms with Crippen LogP contribution < -0.4 is 0 Å². The Kier molecular flexibility index (Phi) is 4.82. The summed E-state index contributed by atoms with van der Waals surface area (Å²) >= 11 is 0. The Labute approximate surface area is 169 Å². The first-order valence-corrected chi connectivity index (χ1v) is 9.85. The second-order valence-electron chi connectivity index (χ2n) is 7.67. The number of hydrogen-bond acceptors (Lipinski definition) is 4. The molecule has 4 rings (SSSR count). The van der Waals surface area contributed by atoms with Crippen molar-refractivity contribution < 1.29 is 14.7 Å². The van der Waals surface area contributed by atoms with Crippen LogP contribution in [0.15, 0.2) is 36.5 Å². The van der Waals surface area contributed by atoms with Crippen molar-refractivity contribution in [2.75, 3.05) is 6.54 Å². The zero-order valence-electron chi connectivity index (χ0n) is 16.8. The third-order valence-corrected chi connectivity index (χ3v) is 5.71. The van der Waals surface area contributed by atoms with Crippen molar-refractivity contribution in [1.82, 2.24) is 19.7 Å². The lowest BCUT2D eigenvalue weighted by Crippen LogP contribution is -2.40. The zero-order chi connectivity index (χ0) is 20.7. The summed E-state index contributed by atoms with van der Waals surface area (Å²) in [7, 11) is 0. The molecule has 29 heavy (non-hydrogen) atoms. The third kappa shape index (κ3) is 3.26. The minimum atomic E-state index is -0.921. The normalized spacial score (nSPS) is 17.2. The molecule has 2 aromatic heterocycles. The number of pyridine rings is 1. The van der Waals surface area contributed by atoms with Gasteiger partial charge in [-0.05, 0) is 37.5 Å². The predicted molar refractivity (Wildman–Crippen MR) is 109 cm³/mol. The summed E-state index contributed by atoms with van der Waals surface area (Å²) in [4.78, 5) is 31.5. The van der Waals surface area contributed by atoms with Crippen LogP contribution in [-0.4, -0.2) is 43.2 Å². The van der Waals surface area contributed by atoms with Crippen LogP contribution in [0.2, 0.25) is 0 Å². The van der Waals surface area contributed by atoms with Crippen molar-refractivity contribution in [2.45, 2.75) is 45.7 Å². The van der Waals surface area contributed by atoms with Crippen molar-refractivity contribution in [2.24, 2.45) is 0 Å². The van der Waals surface area contributed by atoms with Crippen molar-refractivity contribution in [3.63, 3.8) is 0 Å². The zero-order valence-corrected chi connectivity index (χ0v) is 16.8. The van der Waals surface area contributed by atoms with Gasteiger partial charge >= 0.3 is 5.97 Å². The molecule has 2 atom stereocenters. The molecular weight excluding hydrogens is 368 g/mol. The fourth-order valence-corrected chi connectivity index (χ4v) is 3.96. The number of carboxylic acid groups (broad SMARTS) is 1. The summed E-state index contributed by atoms with van der Waals surface area (Å²) in [5.74, 6) is -1.84. The molecule has 3 heterocycles. The van der Waals surface area contributed by atoms with E-state index in [1.807, 2.05) is 35.9 Å². The lowest BCUT2D eigenvalue weighted by atomic mass is 9.89. The van der Waals surface area contributed by atoms with Gasteiger partial charge in [0.05, 0.1) is 29.1 Å². The molecule has 0 saturated heterocycles. The van der Waals surface area contributed by atoms with E-state index in [-0.39, 0.29) is 18.5 Å². The molecule has 0 fully saturated rings. The molecule has 1 N–H and O–H groups in total. The number of fused-ring (bicyclic) bond motifs is 2. The van der Waals surface area contributed by atoms with Crippen LogP contribution in [0, 0.1) is 6.92 Å². The number of aromatic nitrogens is 3. The van der Waals surface area contributed by atoms with Gasteiger partial charge in [-0.3, -0.25) is 9.59 Å². The highest BCUT2D eigenvalue weighted by Gasteiger charge is 2.33. The average Bonchev–Trinajstić information content (AvgIpc) is 3.14. The van der Waals surface area contributed by atoms with Gasteiger partial charge in [0.25, 0.3) is 5.91 Å². The van der Waals surface area contributed by atoms with Gasteiger partial charge in [-0.1, -0.05) is 31.2 Å². The molecule has 1 aromatic carbocycles. The molecule has 0 spiro atoms. The number of hydrogen-bond donors (Lipinski definition) is 1. The number of carboxylic acids is 1. The lowest BCUT2D eigenvalue weighted by molar-refractivity contribution is -0.139. The minimum absolute atomic E-state index is 0.146. The maximum absolute atomic E-state index is 13.5. The van der Waals surface area contributed by atoms with E-state index in [0.29, 0.717) is 23.1 Å². The molecule has 150 valence electrons.